The van der Waals surface area contributed by atoms with Gasteiger partial charge >= 0.3 is 0 Å². The highest BCUT2D eigenvalue weighted by atomic mass is 32.2. The summed E-state index contributed by atoms with van der Waals surface area (Å²) in [6, 6.07) is 8.29. The lowest BCUT2D eigenvalue weighted by Crippen LogP contribution is -2.18. The highest BCUT2D eigenvalue weighted by Crippen LogP contribution is 2.26. The first-order valence-electron chi connectivity index (χ1n) is 6.53. The molecule has 0 radical (unpaired) electrons. The Morgan fingerprint density at radius 1 is 1.29 bits per heavy atom. The zero-order chi connectivity index (χ0) is 15.4. The smallest absolute Gasteiger partial charge is 0.173 e. The van der Waals surface area contributed by atoms with Gasteiger partial charge < -0.3 is 10.9 Å². The minimum atomic E-state index is 0.0669. The van der Waals surface area contributed by atoms with Crippen molar-refractivity contribution in [2.24, 2.45) is 10.9 Å². The van der Waals surface area contributed by atoms with E-state index in [0.29, 0.717) is 10.6 Å². The molecular weight excluding hydrogens is 284 g/mol. The van der Waals surface area contributed by atoms with Gasteiger partial charge in [0.15, 0.2) is 5.84 Å². The highest BCUT2D eigenvalue weighted by molar-refractivity contribution is 7.98. The Labute approximate surface area is 128 Å². The molecule has 3 N–H and O–H groups in total. The third-order valence-corrected chi connectivity index (χ3v) is 4.28. The quantitative estimate of drug-likeness (QED) is 0.298. The number of nitrogens with two attached hydrogens (primary N) is 1. The van der Waals surface area contributed by atoms with Crippen LogP contribution in [0.25, 0.3) is 0 Å². The van der Waals surface area contributed by atoms with Crippen LogP contribution in [-0.4, -0.2) is 21.2 Å². The molecule has 0 saturated carbocycles. The standard InChI is InChI=1S/C15H18N4OS/c1-9-5-4-6-12(7-9)8-21-15-13(14(16)19-20)10(2)11(3)17-18-15/h4-7,20H,8H2,1-3H3,(H2,16,19). The van der Waals surface area contributed by atoms with Crippen molar-refractivity contribution in [3.8, 4) is 0 Å². The first-order chi connectivity index (χ1) is 10.0. The van der Waals surface area contributed by atoms with Gasteiger partial charge in [0.1, 0.15) is 5.03 Å². The van der Waals surface area contributed by atoms with Crippen LogP contribution in [0.15, 0.2) is 34.4 Å². The monoisotopic (exact) mass is 302 g/mol. The lowest BCUT2D eigenvalue weighted by Gasteiger charge is -2.11. The van der Waals surface area contributed by atoms with Gasteiger partial charge in [0.2, 0.25) is 0 Å². The van der Waals surface area contributed by atoms with Crippen LogP contribution in [0.5, 0.6) is 0 Å². The molecule has 0 spiro atoms. The predicted octanol–water partition coefficient (Wildman–Crippen LogP) is 2.79. The number of hydrogen-bond donors (Lipinski definition) is 2. The summed E-state index contributed by atoms with van der Waals surface area (Å²) in [4.78, 5) is 0. The molecular formula is C15H18N4OS. The molecule has 0 aliphatic carbocycles. The Kier molecular flexibility index (Phi) is 4.80. The van der Waals surface area contributed by atoms with Gasteiger partial charge in [-0.1, -0.05) is 46.7 Å². The van der Waals surface area contributed by atoms with Gasteiger partial charge in [-0.05, 0) is 31.9 Å². The van der Waals surface area contributed by atoms with E-state index in [0.717, 1.165) is 17.0 Å². The topological polar surface area (TPSA) is 84.4 Å². The van der Waals surface area contributed by atoms with Gasteiger partial charge in [0.05, 0.1) is 11.3 Å². The van der Waals surface area contributed by atoms with Crippen LogP contribution in [0.2, 0.25) is 0 Å². The van der Waals surface area contributed by atoms with Crippen molar-refractivity contribution in [2.45, 2.75) is 31.6 Å². The summed E-state index contributed by atoms with van der Waals surface area (Å²) in [6.45, 7) is 5.81. The van der Waals surface area contributed by atoms with E-state index in [-0.39, 0.29) is 5.84 Å². The zero-order valence-electron chi connectivity index (χ0n) is 12.3. The number of rotatable bonds is 4. The van der Waals surface area contributed by atoms with Crippen LogP contribution in [-0.2, 0) is 5.75 Å². The number of aryl methyl sites for hydroxylation is 2. The zero-order valence-corrected chi connectivity index (χ0v) is 13.1. The lowest BCUT2D eigenvalue weighted by atomic mass is 10.1. The van der Waals surface area contributed by atoms with Crippen LogP contribution < -0.4 is 5.73 Å². The van der Waals surface area contributed by atoms with Crippen molar-refractivity contribution >= 4 is 17.6 Å². The third kappa shape index (κ3) is 3.52. The summed E-state index contributed by atoms with van der Waals surface area (Å²) in [5, 5.41) is 21.0. The first kappa shape index (κ1) is 15.3. The molecule has 0 amide bonds. The van der Waals surface area contributed by atoms with Crippen molar-refractivity contribution in [1.29, 1.82) is 0 Å². The molecule has 0 aliphatic rings. The molecule has 0 bridgehead atoms. The van der Waals surface area contributed by atoms with Crippen molar-refractivity contribution < 1.29 is 5.21 Å². The number of aromatic nitrogens is 2. The van der Waals surface area contributed by atoms with Gasteiger partial charge in [0, 0.05) is 5.75 Å². The average Bonchev–Trinajstić information content (AvgIpc) is 2.48. The third-order valence-electron chi connectivity index (χ3n) is 3.24. The molecule has 0 aliphatic heterocycles. The predicted molar refractivity (Wildman–Crippen MR) is 84.8 cm³/mol. The molecule has 2 aromatic rings. The molecule has 6 heteroatoms. The molecule has 1 aromatic carbocycles. The number of amidine groups is 1. The second kappa shape index (κ2) is 6.58. The van der Waals surface area contributed by atoms with Gasteiger partial charge in [0.25, 0.3) is 0 Å². The summed E-state index contributed by atoms with van der Waals surface area (Å²) in [5.41, 5.74) is 10.5. The average molecular weight is 302 g/mol. The minimum Gasteiger partial charge on any atom is -0.409 e. The number of hydrogen-bond acceptors (Lipinski definition) is 5. The van der Waals surface area contributed by atoms with E-state index < -0.39 is 0 Å². The van der Waals surface area contributed by atoms with Crippen LogP contribution in [0, 0.1) is 20.8 Å². The van der Waals surface area contributed by atoms with Crippen LogP contribution in [0.3, 0.4) is 0 Å². The fourth-order valence-corrected chi connectivity index (χ4v) is 2.98. The van der Waals surface area contributed by atoms with Crippen LogP contribution in [0.4, 0.5) is 0 Å². The molecule has 0 fully saturated rings. The molecule has 0 unspecified atom stereocenters. The first-order valence-corrected chi connectivity index (χ1v) is 7.51. The van der Waals surface area contributed by atoms with E-state index in [1.807, 2.05) is 19.9 Å². The van der Waals surface area contributed by atoms with E-state index in [1.54, 1.807) is 0 Å². The largest absolute Gasteiger partial charge is 0.409 e. The Bertz CT molecular complexity index is 685. The number of nitrogens with zero attached hydrogens (tertiary/aromatic N) is 3. The molecule has 21 heavy (non-hydrogen) atoms. The highest BCUT2D eigenvalue weighted by Gasteiger charge is 2.15. The molecule has 0 atom stereocenters. The van der Waals surface area contributed by atoms with Crippen molar-refractivity contribution in [2.75, 3.05) is 0 Å². The lowest BCUT2D eigenvalue weighted by molar-refractivity contribution is 0.318. The van der Waals surface area contributed by atoms with Gasteiger partial charge in [-0.3, -0.25) is 0 Å². The van der Waals surface area contributed by atoms with Crippen molar-refractivity contribution in [3.05, 3.63) is 52.2 Å². The van der Waals surface area contributed by atoms with E-state index in [4.69, 9.17) is 10.9 Å². The summed E-state index contributed by atoms with van der Waals surface area (Å²) < 4.78 is 0. The maximum absolute atomic E-state index is 8.96. The van der Waals surface area contributed by atoms with Crippen LogP contribution in [0.1, 0.15) is 27.9 Å². The second-order valence-corrected chi connectivity index (χ2v) is 5.82. The maximum atomic E-state index is 8.96. The minimum absolute atomic E-state index is 0.0669. The normalized spacial score (nSPS) is 11.7. The van der Waals surface area contributed by atoms with E-state index >= 15 is 0 Å². The fraction of sp³-hybridized carbons (Fsp3) is 0.267. The van der Waals surface area contributed by atoms with Crippen molar-refractivity contribution in [3.63, 3.8) is 0 Å². The van der Waals surface area contributed by atoms with Crippen LogP contribution >= 0.6 is 11.8 Å². The van der Waals surface area contributed by atoms with Gasteiger partial charge in [-0.15, -0.1) is 5.10 Å². The molecule has 1 heterocycles. The summed E-state index contributed by atoms with van der Waals surface area (Å²) >= 11 is 1.53. The number of thioether (sulfide) groups is 1. The molecule has 110 valence electrons. The van der Waals surface area contributed by atoms with Crippen molar-refractivity contribution in [1.82, 2.24) is 10.2 Å². The number of benzene rings is 1. The van der Waals surface area contributed by atoms with E-state index in [2.05, 4.69) is 40.5 Å². The Hall–Kier alpha value is -2.08. The summed E-state index contributed by atoms with van der Waals surface area (Å²) in [5.74, 6) is 0.821. The maximum Gasteiger partial charge on any atom is 0.173 e. The fourth-order valence-electron chi connectivity index (χ4n) is 1.99. The SMILES string of the molecule is Cc1cccc(CSc2nnc(C)c(C)c2C(N)=NO)c1. The summed E-state index contributed by atoms with van der Waals surface area (Å²) in [6.07, 6.45) is 0. The Morgan fingerprint density at radius 3 is 2.71 bits per heavy atom. The number of oxime groups is 1. The molecule has 0 saturated heterocycles. The molecule has 1 aromatic heterocycles. The van der Waals surface area contributed by atoms with E-state index in [9.17, 15) is 0 Å². The van der Waals surface area contributed by atoms with E-state index in [1.165, 1.54) is 22.9 Å². The molecule has 2 rings (SSSR count). The Balaban J connectivity index is 2.30. The van der Waals surface area contributed by atoms with Gasteiger partial charge in [-0.25, -0.2) is 0 Å². The Morgan fingerprint density at radius 2 is 2.05 bits per heavy atom. The van der Waals surface area contributed by atoms with Gasteiger partial charge in [-0.2, -0.15) is 5.10 Å². The molecule has 5 nitrogen and oxygen atoms in total. The second-order valence-electron chi connectivity index (χ2n) is 4.85. The summed E-state index contributed by atoms with van der Waals surface area (Å²) in [7, 11) is 0.